The fourth-order valence-electron chi connectivity index (χ4n) is 2.11. The van der Waals surface area contributed by atoms with E-state index >= 15 is 0 Å². The molecule has 20 heavy (non-hydrogen) atoms. The number of nitrogens with one attached hydrogen (secondary N) is 2. The maximum Gasteiger partial charge on any atom is 0.186 e. The lowest BCUT2D eigenvalue weighted by atomic mass is 10.2. The molecular formula is C15H18N4S. The second-order valence-corrected chi connectivity index (χ2v) is 4.85. The summed E-state index contributed by atoms with van der Waals surface area (Å²) in [5.74, 6) is 0. The van der Waals surface area contributed by atoms with Gasteiger partial charge in [-0.15, -0.1) is 0 Å². The summed E-state index contributed by atoms with van der Waals surface area (Å²) >= 11 is 4.97. The summed E-state index contributed by atoms with van der Waals surface area (Å²) in [6.45, 7) is 4.17. The number of aromatic nitrogens is 1. The average molecular weight is 286 g/mol. The van der Waals surface area contributed by atoms with Gasteiger partial charge in [0.2, 0.25) is 0 Å². The first-order chi connectivity index (χ1) is 9.63. The molecule has 2 N–H and O–H groups in total. The van der Waals surface area contributed by atoms with Crippen LogP contribution in [-0.4, -0.2) is 22.9 Å². The molecule has 0 spiro atoms. The third-order valence-electron chi connectivity index (χ3n) is 3.08. The molecule has 0 aliphatic carbocycles. The van der Waals surface area contributed by atoms with Gasteiger partial charge in [0.1, 0.15) is 0 Å². The number of hydrogen-bond acceptors (Lipinski definition) is 2. The summed E-state index contributed by atoms with van der Waals surface area (Å²) in [6, 6.07) is 12.4. The maximum atomic E-state index is 4.97. The number of hydrazone groups is 1. The zero-order valence-corrected chi connectivity index (χ0v) is 12.7. The molecule has 1 aromatic heterocycles. The Labute approximate surface area is 124 Å². The molecule has 0 bridgehead atoms. The predicted octanol–water partition coefficient (Wildman–Crippen LogP) is 2.52. The Hall–Kier alpha value is -2.14. The molecule has 2 rings (SSSR count). The Morgan fingerprint density at radius 1 is 1.25 bits per heavy atom. The zero-order chi connectivity index (χ0) is 14.5. The van der Waals surface area contributed by atoms with Gasteiger partial charge in [-0.05, 0) is 44.3 Å². The van der Waals surface area contributed by atoms with Crippen molar-refractivity contribution in [3.05, 3.63) is 53.3 Å². The van der Waals surface area contributed by atoms with Crippen molar-refractivity contribution in [1.29, 1.82) is 0 Å². The van der Waals surface area contributed by atoms with Gasteiger partial charge >= 0.3 is 0 Å². The maximum absolute atomic E-state index is 4.97. The quantitative estimate of drug-likeness (QED) is 0.517. The fraction of sp³-hybridized carbons (Fsp3) is 0.200. The molecule has 0 radical (unpaired) electrons. The summed E-state index contributed by atoms with van der Waals surface area (Å²) in [5.41, 5.74) is 7.30. The van der Waals surface area contributed by atoms with E-state index < -0.39 is 0 Å². The largest absolute Gasteiger partial charge is 0.364 e. The molecule has 0 saturated carbocycles. The normalized spacial score (nSPS) is 10.8. The first kappa shape index (κ1) is 14.3. The molecule has 0 amide bonds. The summed E-state index contributed by atoms with van der Waals surface area (Å²) in [7, 11) is 1.76. The molecule has 0 saturated heterocycles. The number of rotatable bonds is 3. The topological polar surface area (TPSA) is 41.4 Å². The van der Waals surface area contributed by atoms with Crippen LogP contribution in [0.5, 0.6) is 0 Å². The highest BCUT2D eigenvalue weighted by Crippen LogP contribution is 2.19. The Kier molecular flexibility index (Phi) is 4.53. The molecule has 2 aromatic rings. The van der Waals surface area contributed by atoms with E-state index in [2.05, 4.69) is 52.5 Å². The number of thiocarbonyl (C=S) groups is 1. The van der Waals surface area contributed by atoms with Crippen LogP contribution in [0, 0.1) is 13.8 Å². The van der Waals surface area contributed by atoms with Crippen LogP contribution in [0.4, 0.5) is 0 Å². The Bertz CT molecular complexity index is 629. The average Bonchev–Trinajstić information content (AvgIpc) is 2.74. The number of benzene rings is 1. The van der Waals surface area contributed by atoms with Gasteiger partial charge in [-0.2, -0.15) is 5.10 Å². The molecule has 0 aliphatic rings. The zero-order valence-electron chi connectivity index (χ0n) is 11.8. The van der Waals surface area contributed by atoms with Gasteiger partial charge in [-0.3, -0.25) is 5.43 Å². The van der Waals surface area contributed by atoms with Crippen molar-refractivity contribution in [2.45, 2.75) is 13.8 Å². The van der Waals surface area contributed by atoms with Crippen molar-refractivity contribution in [2.24, 2.45) is 5.10 Å². The number of aryl methyl sites for hydroxylation is 1. The summed E-state index contributed by atoms with van der Waals surface area (Å²) in [6.07, 6.45) is 1.78. The number of nitrogens with zero attached hydrogens (tertiary/aromatic N) is 2. The Balaban J connectivity index is 2.28. The Morgan fingerprint density at radius 2 is 1.95 bits per heavy atom. The monoisotopic (exact) mass is 286 g/mol. The van der Waals surface area contributed by atoms with Crippen molar-refractivity contribution in [2.75, 3.05) is 7.05 Å². The molecule has 1 aromatic carbocycles. The molecule has 104 valence electrons. The van der Waals surface area contributed by atoms with Gasteiger partial charge in [0.05, 0.1) is 6.21 Å². The molecular weight excluding hydrogens is 268 g/mol. The first-order valence-corrected chi connectivity index (χ1v) is 6.79. The van der Waals surface area contributed by atoms with Crippen LogP contribution in [0.25, 0.3) is 5.69 Å². The second kappa shape index (κ2) is 6.34. The standard InChI is InChI=1S/C15H18N4S/c1-11-9-13(10-17-18-15(20)16-3)12(2)19(11)14-7-5-4-6-8-14/h4-10H,1-3H3,(H2,16,18,20)/b17-10-. The fourth-order valence-corrected chi connectivity index (χ4v) is 2.16. The minimum absolute atomic E-state index is 0.498. The highest BCUT2D eigenvalue weighted by atomic mass is 32.1. The predicted molar refractivity (Wildman–Crippen MR) is 87.6 cm³/mol. The highest BCUT2D eigenvalue weighted by molar-refractivity contribution is 7.80. The smallest absolute Gasteiger partial charge is 0.186 e. The van der Waals surface area contributed by atoms with Crippen molar-refractivity contribution < 1.29 is 0 Å². The van der Waals surface area contributed by atoms with E-state index in [4.69, 9.17) is 12.2 Å². The van der Waals surface area contributed by atoms with E-state index in [0.29, 0.717) is 5.11 Å². The van der Waals surface area contributed by atoms with Gasteiger partial charge in [0.25, 0.3) is 0 Å². The van der Waals surface area contributed by atoms with Gasteiger partial charge in [0, 0.05) is 29.7 Å². The van der Waals surface area contributed by atoms with Crippen LogP contribution in [0.2, 0.25) is 0 Å². The van der Waals surface area contributed by atoms with E-state index in [0.717, 1.165) is 16.9 Å². The first-order valence-electron chi connectivity index (χ1n) is 6.38. The second-order valence-electron chi connectivity index (χ2n) is 4.45. The van der Waals surface area contributed by atoms with E-state index in [1.165, 1.54) is 5.69 Å². The molecule has 1 heterocycles. The SMILES string of the molecule is CNC(=S)N/N=C\c1cc(C)n(-c2ccccc2)c1C. The van der Waals surface area contributed by atoms with Crippen LogP contribution < -0.4 is 10.7 Å². The number of para-hydroxylation sites is 1. The summed E-state index contributed by atoms with van der Waals surface area (Å²) in [5, 5.41) is 7.44. The van der Waals surface area contributed by atoms with Crippen LogP contribution in [-0.2, 0) is 0 Å². The van der Waals surface area contributed by atoms with Crippen molar-refractivity contribution in [3.8, 4) is 5.69 Å². The van der Waals surface area contributed by atoms with Gasteiger partial charge in [-0.1, -0.05) is 18.2 Å². The van der Waals surface area contributed by atoms with E-state index in [1.54, 1.807) is 13.3 Å². The lowest BCUT2D eigenvalue weighted by molar-refractivity contribution is 0.962. The van der Waals surface area contributed by atoms with Gasteiger partial charge in [-0.25, -0.2) is 0 Å². The van der Waals surface area contributed by atoms with Crippen molar-refractivity contribution in [3.63, 3.8) is 0 Å². The Morgan fingerprint density at radius 3 is 2.60 bits per heavy atom. The highest BCUT2D eigenvalue weighted by Gasteiger charge is 2.08. The van der Waals surface area contributed by atoms with Crippen molar-refractivity contribution >= 4 is 23.5 Å². The summed E-state index contributed by atoms with van der Waals surface area (Å²) in [4.78, 5) is 0. The molecule has 4 nitrogen and oxygen atoms in total. The van der Waals surface area contributed by atoms with E-state index in [9.17, 15) is 0 Å². The molecule has 5 heteroatoms. The van der Waals surface area contributed by atoms with Crippen molar-refractivity contribution in [1.82, 2.24) is 15.3 Å². The van der Waals surface area contributed by atoms with Crippen LogP contribution in [0.15, 0.2) is 41.5 Å². The van der Waals surface area contributed by atoms with Gasteiger partial charge < -0.3 is 9.88 Å². The third-order valence-corrected chi connectivity index (χ3v) is 3.38. The lowest BCUT2D eigenvalue weighted by Crippen LogP contribution is -2.28. The van der Waals surface area contributed by atoms with Gasteiger partial charge in [0.15, 0.2) is 5.11 Å². The molecule has 0 atom stereocenters. The molecule has 0 fully saturated rings. The third kappa shape index (κ3) is 3.05. The number of hydrogen-bond donors (Lipinski definition) is 2. The lowest BCUT2D eigenvalue weighted by Gasteiger charge is -2.09. The van der Waals surface area contributed by atoms with Crippen LogP contribution >= 0.6 is 12.2 Å². The van der Waals surface area contributed by atoms with Crippen LogP contribution in [0.1, 0.15) is 17.0 Å². The van der Waals surface area contributed by atoms with E-state index in [1.807, 2.05) is 18.2 Å². The van der Waals surface area contributed by atoms with E-state index in [-0.39, 0.29) is 0 Å². The summed E-state index contributed by atoms with van der Waals surface area (Å²) < 4.78 is 2.21. The molecule has 0 unspecified atom stereocenters. The molecule has 0 aliphatic heterocycles. The van der Waals surface area contributed by atoms with Crippen LogP contribution in [0.3, 0.4) is 0 Å². The minimum Gasteiger partial charge on any atom is -0.364 e. The minimum atomic E-state index is 0.498.